The molecule has 0 aliphatic carbocycles. The molecule has 0 spiro atoms. The van der Waals surface area contributed by atoms with Crippen LogP contribution in [0.4, 0.5) is 0 Å². The monoisotopic (exact) mass is 210 g/mol. The molecule has 0 amide bonds. The first kappa shape index (κ1) is 10.2. The molecule has 0 aliphatic heterocycles. The second kappa shape index (κ2) is 5.50. The summed E-state index contributed by atoms with van der Waals surface area (Å²) in [7, 11) is 0. The SMILES string of the molecule is C(=N\N=C\c1ccccn1)/c1cccnc1. The van der Waals surface area contributed by atoms with Crippen molar-refractivity contribution in [2.24, 2.45) is 10.2 Å². The van der Waals surface area contributed by atoms with Crippen LogP contribution in [0.1, 0.15) is 11.3 Å². The predicted octanol–water partition coefficient (Wildman–Crippen LogP) is 1.93. The van der Waals surface area contributed by atoms with E-state index >= 15 is 0 Å². The first-order chi connectivity index (χ1) is 7.95. The zero-order valence-electron chi connectivity index (χ0n) is 8.56. The van der Waals surface area contributed by atoms with Gasteiger partial charge in [0.05, 0.1) is 18.1 Å². The molecule has 0 saturated carbocycles. The third-order valence-corrected chi connectivity index (χ3v) is 1.84. The molecule has 0 bridgehead atoms. The van der Waals surface area contributed by atoms with Gasteiger partial charge in [-0.2, -0.15) is 10.2 Å². The Bertz CT molecular complexity index is 429. The molecule has 0 aliphatic rings. The zero-order valence-corrected chi connectivity index (χ0v) is 8.56. The topological polar surface area (TPSA) is 50.5 Å². The highest BCUT2D eigenvalue weighted by molar-refractivity contribution is 5.81. The zero-order chi connectivity index (χ0) is 11.1. The Morgan fingerprint density at radius 1 is 0.938 bits per heavy atom. The lowest BCUT2D eigenvalue weighted by molar-refractivity contribution is 1.23. The largest absolute Gasteiger partial charge is 0.264 e. The Morgan fingerprint density at radius 2 is 1.88 bits per heavy atom. The minimum absolute atomic E-state index is 0.783. The van der Waals surface area contributed by atoms with Gasteiger partial charge in [0.2, 0.25) is 0 Å². The van der Waals surface area contributed by atoms with Gasteiger partial charge in [-0.25, -0.2) is 0 Å². The average molecular weight is 210 g/mol. The number of rotatable bonds is 3. The molecule has 0 fully saturated rings. The van der Waals surface area contributed by atoms with E-state index in [0.29, 0.717) is 0 Å². The van der Waals surface area contributed by atoms with Crippen LogP contribution in [0, 0.1) is 0 Å². The van der Waals surface area contributed by atoms with E-state index in [1.807, 2.05) is 30.3 Å². The van der Waals surface area contributed by atoms with Crippen LogP contribution in [0.25, 0.3) is 0 Å². The van der Waals surface area contributed by atoms with Crippen LogP contribution in [0.2, 0.25) is 0 Å². The van der Waals surface area contributed by atoms with Gasteiger partial charge in [-0.3, -0.25) is 9.97 Å². The fourth-order valence-electron chi connectivity index (χ4n) is 1.10. The molecule has 0 unspecified atom stereocenters. The molecule has 16 heavy (non-hydrogen) atoms. The molecule has 4 heteroatoms. The van der Waals surface area contributed by atoms with Crippen LogP contribution in [0.3, 0.4) is 0 Å². The van der Waals surface area contributed by atoms with Crippen LogP contribution in [0.15, 0.2) is 59.1 Å². The lowest BCUT2D eigenvalue weighted by Gasteiger charge is -1.88. The van der Waals surface area contributed by atoms with Crippen molar-refractivity contribution in [2.45, 2.75) is 0 Å². The summed E-state index contributed by atoms with van der Waals surface area (Å²) in [6.07, 6.45) is 8.40. The smallest absolute Gasteiger partial charge is 0.0831 e. The molecule has 2 aromatic heterocycles. The first-order valence-corrected chi connectivity index (χ1v) is 4.82. The third-order valence-electron chi connectivity index (χ3n) is 1.84. The highest BCUT2D eigenvalue weighted by atomic mass is 15.2. The maximum atomic E-state index is 4.09. The van der Waals surface area contributed by atoms with Gasteiger partial charge in [-0.05, 0) is 18.2 Å². The van der Waals surface area contributed by atoms with E-state index in [1.54, 1.807) is 31.0 Å². The van der Waals surface area contributed by atoms with Crippen molar-refractivity contribution in [1.29, 1.82) is 0 Å². The molecule has 2 aromatic rings. The van der Waals surface area contributed by atoms with Crippen molar-refractivity contribution in [3.63, 3.8) is 0 Å². The quantitative estimate of drug-likeness (QED) is 0.574. The van der Waals surface area contributed by atoms with Crippen molar-refractivity contribution < 1.29 is 0 Å². The number of nitrogens with zero attached hydrogens (tertiary/aromatic N) is 4. The summed E-state index contributed by atoms with van der Waals surface area (Å²) in [6.45, 7) is 0. The number of pyridine rings is 2. The van der Waals surface area contributed by atoms with Crippen LogP contribution < -0.4 is 0 Å². The molecule has 0 N–H and O–H groups in total. The van der Waals surface area contributed by atoms with Gasteiger partial charge in [0.25, 0.3) is 0 Å². The van der Waals surface area contributed by atoms with Crippen molar-refractivity contribution in [3.8, 4) is 0 Å². The molecule has 0 aromatic carbocycles. The normalized spacial score (nSPS) is 11.2. The molecule has 4 nitrogen and oxygen atoms in total. The Labute approximate surface area is 93.4 Å². The second-order valence-electron chi connectivity index (χ2n) is 3.03. The standard InChI is InChI=1S/C12H10N4/c1-2-7-14-12(5-1)10-16-15-9-11-4-3-6-13-8-11/h1-10H/b15-9+,16-10+. The van der Waals surface area contributed by atoms with Crippen LogP contribution >= 0.6 is 0 Å². The fraction of sp³-hybridized carbons (Fsp3) is 0. The summed E-state index contributed by atoms with van der Waals surface area (Å²) < 4.78 is 0. The molecule has 0 saturated heterocycles. The Hall–Kier alpha value is -2.36. The summed E-state index contributed by atoms with van der Waals surface area (Å²) in [5, 5.41) is 7.79. The first-order valence-electron chi connectivity index (χ1n) is 4.82. The lowest BCUT2D eigenvalue weighted by Crippen LogP contribution is -1.84. The Morgan fingerprint density at radius 3 is 2.62 bits per heavy atom. The molecular formula is C12H10N4. The van der Waals surface area contributed by atoms with E-state index in [0.717, 1.165) is 11.3 Å². The average Bonchev–Trinajstić information content (AvgIpc) is 2.37. The van der Waals surface area contributed by atoms with E-state index in [2.05, 4.69) is 20.2 Å². The third kappa shape index (κ3) is 3.09. The summed E-state index contributed by atoms with van der Waals surface area (Å²) in [4.78, 5) is 8.05. The second-order valence-corrected chi connectivity index (χ2v) is 3.03. The van der Waals surface area contributed by atoms with E-state index < -0.39 is 0 Å². The van der Waals surface area contributed by atoms with Crippen molar-refractivity contribution in [2.75, 3.05) is 0 Å². The molecule has 0 radical (unpaired) electrons. The number of hydrogen-bond donors (Lipinski definition) is 0. The van der Waals surface area contributed by atoms with Crippen LogP contribution in [0.5, 0.6) is 0 Å². The highest BCUT2D eigenvalue weighted by Crippen LogP contribution is 1.92. The molecular weight excluding hydrogens is 200 g/mol. The maximum absolute atomic E-state index is 4.09. The summed E-state index contributed by atoms with van der Waals surface area (Å²) in [5.74, 6) is 0. The fourth-order valence-corrected chi connectivity index (χ4v) is 1.10. The van der Waals surface area contributed by atoms with Gasteiger partial charge in [0, 0.05) is 24.2 Å². The molecule has 2 heterocycles. The van der Waals surface area contributed by atoms with Gasteiger partial charge >= 0.3 is 0 Å². The van der Waals surface area contributed by atoms with E-state index in [1.165, 1.54) is 0 Å². The van der Waals surface area contributed by atoms with E-state index in [9.17, 15) is 0 Å². The van der Waals surface area contributed by atoms with Crippen molar-refractivity contribution >= 4 is 12.4 Å². The summed E-state index contributed by atoms with van der Waals surface area (Å²) >= 11 is 0. The Kier molecular flexibility index (Phi) is 3.50. The highest BCUT2D eigenvalue weighted by Gasteiger charge is 1.84. The molecule has 78 valence electrons. The lowest BCUT2D eigenvalue weighted by atomic mass is 10.3. The van der Waals surface area contributed by atoms with Crippen LogP contribution in [-0.4, -0.2) is 22.4 Å². The number of aromatic nitrogens is 2. The van der Waals surface area contributed by atoms with Crippen molar-refractivity contribution in [1.82, 2.24) is 9.97 Å². The Balaban J connectivity index is 1.98. The van der Waals surface area contributed by atoms with E-state index in [4.69, 9.17) is 0 Å². The minimum Gasteiger partial charge on any atom is -0.264 e. The van der Waals surface area contributed by atoms with Gasteiger partial charge < -0.3 is 0 Å². The summed E-state index contributed by atoms with van der Waals surface area (Å²) in [5.41, 5.74) is 1.70. The van der Waals surface area contributed by atoms with Gasteiger partial charge in [0.15, 0.2) is 0 Å². The maximum Gasteiger partial charge on any atom is 0.0831 e. The number of hydrogen-bond acceptors (Lipinski definition) is 4. The summed E-state index contributed by atoms with van der Waals surface area (Å²) in [6, 6.07) is 9.38. The van der Waals surface area contributed by atoms with Crippen LogP contribution in [-0.2, 0) is 0 Å². The van der Waals surface area contributed by atoms with Crippen molar-refractivity contribution in [3.05, 3.63) is 60.2 Å². The van der Waals surface area contributed by atoms with Gasteiger partial charge in [-0.15, -0.1) is 0 Å². The van der Waals surface area contributed by atoms with E-state index in [-0.39, 0.29) is 0 Å². The van der Waals surface area contributed by atoms with Gasteiger partial charge in [-0.1, -0.05) is 12.1 Å². The molecule has 0 atom stereocenters. The minimum atomic E-state index is 0.783. The predicted molar refractivity (Wildman–Crippen MR) is 63.7 cm³/mol. The van der Waals surface area contributed by atoms with Gasteiger partial charge in [0.1, 0.15) is 0 Å². The molecule has 2 rings (SSSR count).